The monoisotopic (exact) mass is 410 g/mol. The van der Waals surface area contributed by atoms with Crippen molar-refractivity contribution in [3.63, 3.8) is 0 Å². The van der Waals surface area contributed by atoms with E-state index in [0.29, 0.717) is 47.4 Å². The van der Waals surface area contributed by atoms with Crippen LogP contribution in [0.5, 0.6) is 0 Å². The summed E-state index contributed by atoms with van der Waals surface area (Å²) in [6.45, 7) is 4.45. The van der Waals surface area contributed by atoms with E-state index in [9.17, 15) is 9.90 Å². The number of nitrogens with zero attached hydrogens (tertiary/aromatic N) is 1. The Kier molecular flexibility index (Phi) is 5.04. The fraction of sp³-hybridized carbons (Fsp3) is 0.500. The highest BCUT2D eigenvalue weighted by atomic mass is 16.5. The molecule has 2 fully saturated rings. The van der Waals surface area contributed by atoms with Crippen molar-refractivity contribution < 1.29 is 14.6 Å². The lowest BCUT2D eigenvalue weighted by molar-refractivity contribution is 0.0980. The number of H-pyrrole nitrogens is 1. The van der Waals surface area contributed by atoms with E-state index in [4.69, 9.17) is 20.3 Å². The zero-order valence-electron chi connectivity index (χ0n) is 17.4. The van der Waals surface area contributed by atoms with E-state index in [0.717, 1.165) is 12.8 Å². The Morgan fingerprint density at radius 3 is 2.77 bits per heavy atom. The molecule has 0 spiro atoms. The molecule has 1 saturated heterocycles. The molecule has 0 radical (unpaired) electrons. The van der Waals surface area contributed by atoms with Gasteiger partial charge in [0.25, 0.3) is 5.56 Å². The van der Waals surface area contributed by atoms with Gasteiger partial charge in [0, 0.05) is 30.9 Å². The summed E-state index contributed by atoms with van der Waals surface area (Å²) in [5.41, 5.74) is 0.503. The third-order valence-corrected chi connectivity index (χ3v) is 5.88. The van der Waals surface area contributed by atoms with Crippen molar-refractivity contribution in [1.29, 1.82) is 10.8 Å². The topological polar surface area (TPSA) is 124 Å². The zero-order chi connectivity index (χ0) is 21.6. The van der Waals surface area contributed by atoms with Crippen LogP contribution in [-0.2, 0) is 16.5 Å². The number of hydrogen-bond donors (Lipinski definition) is 4. The molecular weight excluding hydrogens is 384 g/mol. The number of aromatic amines is 1. The van der Waals surface area contributed by atoms with E-state index < -0.39 is 5.60 Å². The Hall–Kier alpha value is -2.89. The number of rotatable bonds is 3. The molecule has 0 aromatic carbocycles. The normalized spacial score (nSPS) is 20.5. The van der Waals surface area contributed by atoms with Gasteiger partial charge in [-0.3, -0.25) is 15.6 Å². The van der Waals surface area contributed by atoms with Crippen molar-refractivity contribution in [3.05, 3.63) is 33.4 Å². The number of fused-ring (bicyclic) bond motifs is 1. The molecule has 2 atom stereocenters. The Bertz CT molecular complexity index is 1150. The smallest absolute Gasteiger partial charge is 0.274 e. The largest absolute Gasteiger partial charge is 0.425 e. The molecule has 0 amide bonds. The summed E-state index contributed by atoms with van der Waals surface area (Å²) in [6.07, 6.45) is 4.20. The number of aryl methyl sites for hydroxylation is 2. The van der Waals surface area contributed by atoms with Crippen LogP contribution in [0.15, 0.2) is 11.0 Å². The first-order valence-corrected chi connectivity index (χ1v) is 10.1. The summed E-state index contributed by atoms with van der Waals surface area (Å²) < 4.78 is 12.3. The average molecular weight is 410 g/mol. The summed E-state index contributed by atoms with van der Waals surface area (Å²) in [5.74, 6) is 5.74. The minimum atomic E-state index is -1.10. The quantitative estimate of drug-likeness (QED) is 0.351. The van der Waals surface area contributed by atoms with E-state index in [1.807, 2.05) is 0 Å². The van der Waals surface area contributed by atoms with Crippen LogP contribution in [0.2, 0.25) is 0 Å². The molecule has 1 aliphatic heterocycles. The van der Waals surface area contributed by atoms with Gasteiger partial charge in [0.1, 0.15) is 11.1 Å². The van der Waals surface area contributed by atoms with Gasteiger partial charge in [0.2, 0.25) is 5.90 Å². The number of nitrogens with one attached hydrogen (secondary N) is 3. The number of ether oxygens (including phenoxy) is 2. The maximum Gasteiger partial charge on any atom is 0.274 e. The molecule has 1 saturated carbocycles. The van der Waals surface area contributed by atoms with Gasteiger partial charge in [-0.1, -0.05) is 11.8 Å². The lowest BCUT2D eigenvalue weighted by Gasteiger charge is -2.14. The average Bonchev–Trinajstić information content (AvgIpc) is 3.30. The maximum atomic E-state index is 12.7. The second-order valence-electron chi connectivity index (χ2n) is 8.36. The Morgan fingerprint density at radius 2 is 2.13 bits per heavy atom. The molecule has 3 heterocycles. The van der Waals surface area contributed by atoms with Gasteiger partial charge in [-0.25, -0.2) is 0 Å². The molecule has 2 aromatic heterocycles. The number of aromatic nitrogens is 2. The molecule has 4 N–H and O–H groups in total. The SMILES string of the molecule is Cc1[nH]c2c(=O)n(C)cc(C#CC(C)(O)C3CC3)c2c1C(=N)OC(=N)C1CCOC1. The Labute approximate surface area is 174 Å². The number of hydrogen-bond acceptors (Lipinski definition) is 6. The van der Waals surface area contributed by atoms with Crippen LogP contribution in [-0.4, -0.2) is 45.3 Å². The molecule has 30 heavy (non-hydrogen) atoms. The highest BCUT2D eigenvalue weighted by Crippen LogP contribution is 2.39. The number of pyridine rings is 1. The van der Waals surface area contributed by atoms with E-state index in [2.05, 4.69) is 16.8 Å². The van der Waals surface area contributed by atoms with Gasteiger partial charge >= 0.3 is 0 Å². The fourth-order valence-electron chi connectivity index (χ4n) is 3.85. The number of aliphatic hydroxyl groups is 1. The molecule has 0 bridgehead atoms. The summed E-state index contributed by atoms with van der Waals surface area (Å²) in [7, 11) is 1.64. The van der Waals surface area contributed by atoms with E-state index >= 15 is 0 Å². The molecule has 2 aromatic rings. The first-order valence-electron chi connectivity index (χ1n) is 10.1. The van der Waals surface area contributed by atoms with E-state index in [1.54, 1.807) is 27.1 Å². The fourth-order valence-corrected chi connectivity index (χ4v) is 3.85. The summed E-state index contributed by atoms with van der Waals surface area (Å²) >= 11 is 0. The van der Waals surface area contributed by atoms with Crippen molar-refractivity contribution in [3.8, 4) is 11.8 Å². The summed E-state index contributed by atoms with van der Waals surface area (Å²) in [5, 5.41) is 27.7. The lowest BCUT2D eigenvalue weighted by Crippen LogP contribution is -2.24. The standard InChI is InChI=1S/C22H26N4O4/c1-12-16(20(24)30-19(23)14-7-9-29-11-14)17-13(6-8-22(2,28)15-4-5-15)10-26(3)21(27)18(17)25-12/h10,14-15,23-25,28H,4-5,7,9,11H2,1-3H3. The van der Waals surface area contributed by atoms with Crippen molar-refractivity contribution in [2.75, 3.05) is 13.2 Å². The van der Waals surface area contributed by atoms with E-state index in [-0.39, 0.29) is 29.2 Å². The van der Waals surface area contributed by atoms with Gasteiger partial charge in [-0.15, -0.1) is 0 Å². The van der Waals surface area contributed by atoms with Crippen LogP contribution in [0.1, 0.15) is 43.0 Å². The Balaban J connectivity index is 1.78. The third kappa shape index (κ3) is 3.66. The van der Waals surface area contributed by atoms with Gasteiger partial charge in [0.15, 0.2) is 5.90 Å². The summed E-state index contributed by atoms with van der Waals surface area (Å²) in [4.78, 5) is 15.7. The van der Waals surface area contributed by atoms with Gasteiger partial charge in [-0.2, -0.15) is 0 Å². The van der Waals surface area contributed by atoms with Gasteiger partial charge in [-0.05, 0) is 39.0 Å². The van der Waals surface area contributed by atoms with Crippen LogP contribution in [0.4, 0.5) is 0 Å². The molecule has 4 rings (SSSR count). The Morgan fingerprint density at radius 1 is 1.40 bits per heavy atom. The van der Waals surface area contributed by atoms with Gasteiger partial charge in [0.05, 0.1) is 23.7 Å². The summed E-state index contributed by atoms with van der Waals surface area (Å²) in [6, 6.07) is 0. The van der Waals surface area contributed by atoms with E-state index in [1.165, 1.54) is 4.57 Å². The van der Waals surface area contributed by atoms with Crippen molar-refractivity contribution in [2.24, 2.45) is 18.9 Å². The first kappa shape index (κ1) is 20.4. The van der Waals surface area contributed by atoms with Crippen molar-refractivity contribution in [1.82, 2.24) is 9.55 Å². The predicted octanol–water partition coefficient (Wildman–Crippen LogP) is 2.04. The van der Waals surface area contributed by atoms with Crippen LogP contribution < -0.4 is 5.56 Å². The third-order valence-electron chi connectivity index (χ3n) is 5.88. The van der Waals surface area contributed by atoms with Crippen LogP contribution in [0.3, 0.4) is 0 Å². The minimum Gasteiger partial charge on any atom is -0.425 e. The molecule has 8 heteroatoms. The molecular formula is C22H26N4O4. The predicted molar refractivity (Wildman–Crippen MR) is 113 cm³/mol. The molecule has 8 nitrogen and oxygen atoms in total. The molecule has 2 aliphatic rings. The second-order valence-corrected chi connectivity index (χ2v) is 8.36. The van der Waals surface area contributed by atoms with Crippen LogP contribution >= 0.6 is 0 Å². The van der Waals surface area contributed by atoms with Crippen molar-refractivity contribution in [2.45, 2.75) is 38.7 Å². The molecule has 158 valence electrons. The van der Waals surface area contributed by atoms with Gasteiger partial charge < -0.3 is 24.1 Å². The highest BCUT2D eigenvalue weighted by molar-refractivity contribution is 6.11. The lowest BCUT2D eigenvalue weighted by atomic mass is 10.00. The maximum absolute atomic E-state index is 12.7. The molecule has 1 aliphatic carbocycles. The molecule has 2 unspecified atom stereocenters. The van der Waals surface area contributed by atoms with Crippen molar-refractivity contribution >= 4 is 22.7 Å². The highest BCUT2D eigenvalue weighted by Gasteiger charge is 2.38. The van der Waals surface area contributed by atoms with Crippen LogP contribution in [0.25, 0.3) is 10.9 Å². The second kappa shape index (κ2) is 7.42. The minimum absolute atomic E-state index is 0.0145. The zero-order valence-corrected chi connectivity index (χ0v) is 17.4. The first-order chi connectivity index (χ1) is 14.2. The van der Waals surface area contributed by atoms with Crippen LogP contribution in [0, 0.1) is 41.4 Å².